The highest BCUT2D eigenvalue weighted by Crippen LogP contribution is 2.28. The van der Waals surface area contributed by atoms with Crippen molar-refractivity contribution >= 4 is 16.9 Å². The van der Waals surface area contributed by atoms with Gasteiger partial charge in [-0.05, 0) is 50.4 Å². The van der Waals surface area contributed by atoms with E-state index in [0.29, 0.717) is 18.7 Å². The fourth-order valence-electron chi connectivity index (χ4n) is 2.77. The third-order valence-corrected chi connectivity index (χ3v) is 3.80. The predicted octanol–water partition coefficient (Wildman–Crippen LogP) is 1.89. The van der Waals surface area contributed by atoms with Gasteiger partial charge in [0.2, 0.25) is 0 Å². The summed E-state index contributed by atoms with van der Waals surface area (Å²) in [5.74, 6) is -0.879. The molecule has 5 N–H and O–H groups in total. The van der Waals surface area contributed by atoms with Gasteiger partial charge >= 0.3 is 5.97 Å². The number of nitrogens with zero attached hydrogens (tertiary/aromatic N) is 1. The first-order valence-electron chi connectivity index (χ1n) is 7.35. The monoisotopic (exact) mass is 289 g/mol. The topological polar surface area (TPSA) is 94.3 Å². The number of rotatable bonds is 7. The van der Waals surface area contributed by atoms with Crippen molar-refractivity contribution in [1.29, 1.82) is 0 Å². The maximum atomic E-state index is 11.6. The molecule has 5 heteroatoms. The van der Waals surface area contributed by atoms with Gasteiger partial charge in [0.15, 0.2) is 0 Å². The Morgan fingerprint density at radius 1 is 1.24 bits per heavy atom. The highest BCUT2D eigenvalue weighted by Gasteiger charge is 2.18. The normalized spacial score (nSPS) is 11.2. The quantitative estimate of drug-likeness (QED) is 0.725. The van der Waals surface area contributed by atoms with Crippen molar-refractivity contribution in [2.75, 3.05) is 13.1 Å². The number of hydrogen-bond donors (Lipinski definition) is 3. The van der Waals surface area contributed by atoms with E-state index in [-0.39, 0.29) is 0 Å². The van der Waals surface area contributed by atoms with Crippen LogP contribution in [0.1, 0.15) is 34.3 Å². The lowest BCUT2D eigenvalue weighted by Crippen LogP contribution is -2.08. The minimum absolute atomic E-state index is 0.392. The lowest BCUT2D eigenvalue weighted by molar-refractivity contribution is 0.0698. The highest BCUT2D eigenvalue weighted by molar-refractivity contribution is 6.04. The van der Waals surface area contributed by atoms with Crippen molar-refractivity contribution in [3.05, 3.63) is 35.0 Å². The van der Waals surface area contributed by atoms with Crippen LogP contribution in [-0.4, -0.2) is 28.7 Å². The molecule has 0 radical (unpaired) electrons. The molecule has 114 valence electrons. The van der Waals surface area contributed by atoms with Crippen LogP contribution in [0.5, 0.6) is 0 Å². The molecular formula is C16H23N3O2. The molecule has 1 aromatic carbocycles. The van der Waals surface area contributed by atoms with Crippen LogP contribution in [0.4, 0.5) is 0 Å². The van der Waals surface area contributed by atoms with Crippen molar-refractivity contribution in [3.8, 4) is 0 Å². The molecule has 0 atom stereocenters. The molecule has 0 bridgehead atoms. The van der Waals surface area contributed by atoms with Crippen LogP contribution in [0.3, 0.4) is 0 Å². The van der Waals surface area contributed by atoms with Gasteiger partial charge in [-0.2, -0.15) is 0 Å². The fraction of sp³-hybridized carbons (Fsp3) is 0.438. The third kappa shape index (κ3) is 3.09. The van der Waals surface area contributed by atoms with Crippen molar-refractivity contribution in [2.45, 2.75) is 32.7 Å². The maximum absolute atomic E-state index is 11.6. The van der Waals surface area contributed by atoms with Crippen LogP contribution in [0.25, 0.3) is 10.9 Å². The standard InChI is InChI=1S/C16H23N3O2/c1-11-5-6-13-12(4-2-7-17)10-19(9-3-8-18)15(13)14(11)16(20)21/h5-6,10H,2-4,7-9,17-18H2,1H3,(H,20,21). The summed E-state index contributed by atoms with van der Waals surface area (Å²) in [7, 11) is 0. The number of aromatic carboxylic acids is 1. The Balaban J connectivity index is 2.62. The van der Waals surface area contributed by atoms with E-state index in [1.165, 1.54) is 0 Å². The smallest absolute Gasteiger partial charge is 0.338 e. The molecule has 0 amide bonds. The first-order valence-corrected chi connectivity index (χ1v) is 7.35. The van der Waals surface area contributed by atoms with E-state index in [2.05, 4.69) is 6.20 Å². The molecule has 2 rings (SSSR count). The number of hydrogen-bond acceptors (Lipinski definition) is 3. The zero-order valence-corrected chi connectivity index (χ0v) is 12.4. The Bertz CT molecular complexity index is 646. The van der Waals surface area contributed by atoms with E-state index >= 15 is 0 Å². The van der Waals surface area contributed by atoms with Gasteiger partial charge in [0.25, 0.3) is 0 Å². The van der Waals surface area contributed by atoms with Crippen LogP contribution in [0, 0.1) is 6.92 Å². The molecule has 0 saturated carbocycles. The van der Waals surface area contributed by atoms with Gasteiger partial charge in [0.1, 0.15) is 0 Å². The lowest BCUT2D eigenvalue weighted by Gasteiger charge is -2.09. The zero-order chi connectivity index (χ0) is 15.4. The molecule has 0 aliphatic rings. The van der Waals surface area contributed by atoms with E-state index in [1.807, 2.05) is 23.6 Å². The molecule has 0 fully saturated rings. The average molecular weight is 289 g/mol. The van der Waals surface area contributed by atoms with E-state index < -0.39 is 5.97 Å². The lowest BCUT2D eigenvalue weighted by atomic mass is 10.0. The summed E-state index contributed by atoms with van der Waals surface area (Å²) >= 11 is 0. The van der Waals surface area contributed by atoms with Crippen LogP contribution in [0.2, 0.25) is 0 Å². The maximum Gasteiger partial charge on any atom is 0.338 e. The first kappa shape index (κ1) is 15.5. The molecule has 21 heavy (non-hydrogen) atoms. The SMILES string of the molecule is Cc1ccc2c(CCCN)cn(CCCN)c2c1C(=O)O. The molecule has 0 aliphatic heterocycles. The number of nitrogens with two attached hydrogens (primary N) is 2. The van der Waals surface area contributed by atoms with Crippen molar-refractivity contribution in [1.82, 2.24) is 4.57 Å². The largest absolute Gasteiger partial charge is 0.478 e. The number of carboxylic acid groups (broad SMARTS) is 1. The molecule has 1 heterocycles. The Hall–Kier alpha value is -1.85. The Kier molecular flexibility index (Phi) is 4.98. The summed E-state index contributed by atoms with van der Waals surface area (Å²) in [6.45, 7) is 3.79. The summed E-state index contributed by atoms with van der Waals surface area (Å²) in [6.07, 6.45) is 4.64. The summed E-state index contributed by atoms with van der Waals surface area (Å²) in [5.41, 5.74) is 14.3. The Morgan fingerprint density at radius 2 is 1.95 bits per heavy atom. The number of aryl methyl sites for hydroxylation is 3. The molecule has 1 aromatic heterocycles. The highest BCUT2D eigenvalue weighted by atomic mass is 16.4. The van der Waals surface area contributed by atoms with Gasteiger partial charge in [-0.25, -0.2) is 4.79 Å². The van der Waals surface area contributed by atoms with Crippen molar-refractivity contribution < 1.29 is 9.90 Å². The van der Waals surface area contributed by atoms with E-state index in [4.69, 9.17) is 11.5 Å². The molecule has 0 saturated heterocycles. The summed E-state index contributed by atoms with van der Waals surface area (Å²) in [6, 6.07) is 3.90. The second-order valence-corrected chi connectivity index (χ2v) is 5.34. The molecule has 0 spiro atoms. The van der Waals surface area contributed by atoms with Gasteiger partial charge < -0.3 is 21.1 Å². The number of aromatic nitrogens is 1. The molecule has 0 unspecified atom stereocenters. The van der Waals surface area contributed by atoms with Crippen LogP contribution in [-0.2, 0) is 13.0 Å². The second kappa shape index (κ2) is 6.74. The van der Waals surface area contributed by atoms with E-state index in [0.717, 1.165) is 47.8 Å². The summed E-state index contributed by atoms with van der Waals surface area (Å²) in [4.78, 5) is 11.6. The first-order chi connectivity index (χ1) is 10.1. The number of fused-ring (bicyclic) bond motifs is 1. The average Bonchev–Trinajstić information content (AvgIpc) is 2.80. The minimum atomic E-state index is -0.879. The van der Waals surface area contributed by atoms with Gasteiger partial charge in [-0.15, -0.1) is 0 Å². The van der Waals surface area contributed by atoms with Gasteiger partial charge in [-0.1, -0.05) is 12.1 Å². The third-order valence-electron chi connectivity index (χ3n) is 3.80. The Labute approximate surface area is 124 Å². The summed E-state index contributed by atoms with van der Waals surface area (Å²) < 4.78 is 2.03. The van der Waals surface area contributed by atoms with Crippen LogP contribution >= 0.6 is 0 Å². The number of carboxylic acids is 1. The molecule has 5 nitrogen and oxygen atoms in total. The number of benzene rings is 1. The van der Waals surface area contributed by atoms with E-state index in [9.17, 15) is 9.90 Å². The van der Waals surface area contributed by atoms with Crippen LogP contribution in [0.15, 0.2) is 18.3 Å². The van der Waals surface area contributed by atoms with Gasteiger partial charge in [0.05, 0.1) is 11.1 Å². The Morgan fingerprint density at radius 3 is 2.57 bits per heavy atom. The van der Waals surface area contributed by atoms with Crippen molar-refractivity contribution in [2.24, 2.45) is 11.5 Å². The zero-order valence-electron chi connectivity index (χ0n) is 12.4. The fourth-order valence-corrected chi connectivity index (χ4v) is 2.77. The molecule has 0 aliphatic carbocycles. The van der Waals surface area contributed by atoms with E-state index in [1.54, 1.807) is 0 Å². The summed E-state index contributed by atoms with van der Waals surface area (Å²) in [5, 5.41) is 10.6. The van der Waals surface area contributed by atoms with Crippen molar-refractivity contribution in [3.63, 3.8) is 0 Å². The van der Waals surface area contributed by atoms with Crippen LogP contribution < -0.4 is 11.5 Å². The number of carbonyl (C=O) groups is 1. The van der Waals surface area contributed by atoms with Gasteiger partial charge in [-0.3, -0.25) is 0 Å². The molecule has 2 aromatic rings. The second-order valence-electron chi connectivity index (χ2n) is 5.34. The molecular weight excluding hydrogens is 266 g/mol. The minimum Gasteiger partial charge on any atom is -0.478 e. The van der Waals surface area contributed by atoms with Gasteiger partial charge in [0, 0.05) is 18.1 Å². The predicted molar refractivity (Wildman–Crippen MR) is 84.7 cm³/mol.